The lowest BCUT2D eigenvalue weighted by Crippen LogP contribution is -2.12. The third-order valence-electron chi connectivity index (χ3n) is 5.73. The summed E-state index contributed by atoms with van der Waals surface area (Å²) in [7, 11) is 0. The minimum absolute atomic E-state index is 0.691. The van der Waals surface area contributed by atoms with Crippen LogP contribution in [-0.4, -0.2) is 6.61 Å². The molecule has 0 amide bonds. The highest BCUT2D eigenvalue weighted by Gasteiger charge is 2.23. The van der Waals surface area contributed by atoms with Crippen molar-refractivity contribution in [3.8, 4) is 0 Å². The average molecular weight is 361 g/mol. The first kappa shape index (κ1) is 19.6. The summed E-state index contributed by atoms with van der Waals surface area (Å²) in [5.41, 5.74) is 5.62. The van der Waals surface area contributed by atoms with Crippen LogP contribution < -0.4 is 0 Å². The Labute approximate surface area is 164 Å². The van der Waals surface area contributed by atoms with Gasteiger partial charge in [-0.2, -0.15) is 0 Å². The van der Waals surface area contributed by atoms with E-state index in [9.17, 15) is 0 Å². The van der Waals surface area contributed by atoms with E-state index in [1.165, 1.54) is 47.9 Å². The zero-order chi connectivity index (χ0) is 18.9. The molecule has 2 aromatic carbocycles. The summed E-state index contributed by atoms with van der Waals surface area (Å²) in [6.07, 6.45) is 12.2. The van der Waals surface area contributed by atoms with Crippen LogP contribution in [-0.2, 0) is 17.8 Å². The van der Waals surface area contributed by atoms with E-state index >= 15 is 0 Å². The minimum atomic E-state index is 0.691. The van der Waals surface area contributed by atoms with E-state index in [1.807, 2.05) is 25.2 Å². The molecule has 1 heteroatoms. The third-order valence-corrected chi connectivity index (χ3v) is 5.73. The highest BCUT2D eigenvalue weighted by molar-refractivity contribution is 5.29. The van der Waals surface area contributed by atoms with Crippen molar-refractivity contribution < 1.29 is 4.74 Å². The second-order valence-corrected chi connectivity index (χ2v) is 7.61. The Morgan fingerprint density at radius 2 is 1.37 bits per heavy atom. The molecule has 0 saturated heterocycles. The maximum Gasteiger partial charge on any atom is 0.0721 e. The van der Waals surface area contributed by atoms with Gasteiger partial charge in [-0.15, -0.1) is 6.58 Å². The standard InChI is InChI=1S/C26H32O/c1-3-5-19-27-20-22-9-13-24(14-10-22)26-17-15-25(16-18-26)23-11-7-21(6-4-2)8-12-23/h3-5,7-14,25-26H,2,6,15-20H2,1H3/t25-,26-. The maximum absolute atomic E-state index is 5.64. The largest absolute Gasteiger partial charge is 0.373 e. The Balaban J connectivity index is 1.50. The monoisotopic (exact) mass is 360 g/mol. The maximum atomic E-state index is 5.64. The lowest BCUT2D eigenvalue weighted by Gasteiger charge is -2.29. The van der Waals surface area contributed by atoms with Crippen LogP contribution in [0.4, 0.5) is 0 Å². The number of rotatable bonds is 8. The molecular weight excluding hydrogens is 328 g/mol. The molecule has 1 fully saturated rings. The van der Waals surface area contributed by atoms with Crippen LogP contribution in [0.2, 0.25) is 0 Å². The lowest BCUT2D eigenvalue weighted by atomic mass is 9.76. The first-order valence-electron chi connectivity index (χ1n) is 10.3. The summed E-state index contributed by atoms with van der Waals surface area (Å²) < 4.78 is 5.64. The molecule has 3 rings (SSSR count). The van der Waals surface area contributed by atoms with Gasteiger partial charge < -0.3 is 4.74 Å². The minimum Gasteiger partial charge on any atom is -0.373 e. The molecule has 0 bridgehead atoms. The van der Waals surface area contributed by atoms with Crippen LogP contribution in [0.15, 0.2) is 73.3 Å². The van der Waals surface area contributed by atoms with E-state index in [1.54, 1.807) is 0 Å². The van der Waals surface area contributed by atoms with Gasteiger partial charge in [0, 0.05) is 0 Å². The summed E-state index contributed by atoms with van der Waals surface area (Å²) in [5, 5.41) is 0. The second-order valence-electron chi connectivity index (χ2n) is 7.61. The molecule has 0 radical (unpaired) electrons. The number of allylic oxidation sites excluding steroid dienone is 2. The molecule has 0 unspecified atom stereocenters. The number of hydrogen-bond acceptors (Lipinski definition) is 1. The Bertz CT molecular complexity index is 716. The Morgan fingerprint density at radius 3 is 1.85 bits per heavy atom. The fourth-order valence-corrected chi connectivity index (χ4v) is 4.08. The number of benzene rings is 2. The average Bonchev–Trinajstić information content (AvgIpc) is 2.73. The van der Waals surface area contributed by atoms with Gasteiger partial charge in [0.2, 0.25) is 0 Å². The molecule has 27 heavy (non-hydrogen) atoms. The van der Waals surface area contributed by atoms with E-state index < -0.39 is 0 Å². The van der Waals surface area contributed by atoms with Gasteiger partial charge in [0.15, 0.2) is 0 Å². The van der Waals surface area contributed by atoms with Crippen molar-refractivity contribution in [2.75, 3.05) is 6.61 Å². The number of hydrogen-bond donors (Lipinski definition) is 0. The molecular formula is C26H32O. The van der Waals surface area contributed by atoms with Gasteiger partial charge in [-0.1, -0.05) is 66.8 Å². The predicted octanol–water partition coefficient (Wildman–Crippen LogP) is 6.95. The van der Waals surface area contributed by atoms with Gasteiger partial charge in [-0.25, -0.2) is 0 Å². The zero-order valence-electron chi connectivity index (χ0n) is 16.6. The molecule has 142 valence electrons. The van der Waals surface area contributed by atoms with Gasteiger partial charge in [0.05, 0.1) is 13.2 Å². The van der Waals surface area contributed by atoms with Crippen LogP contribution in [0.5, 0.6) is 0 Å². The normalized spacial score (nSPS) is 20.0. The Morgan fingerprint density at radius 1 is 0.852 bits per heavy atom. The van der Waals surface area contributed by atoms with E-state index in [0.29, 0.717) is 19.1 Å². The summed E-state index contributed by atoms with van der Waals surface area (Å²) in [6, 6.07) is 18.3. The van der Waals surface area contributed by atoms with Gasteiger partial charge in [-0.3, -0.25) is 0 Å². The highest BCUT2D eigenvalue weighted by atomic mass is 16.5. The van der Waals surface area contributed by atoms with Crippen molar-refractivity contribution in [3.05, 3.63) is 95.6 Å². The highest BCUT2D eigenvalue weighted by Crippen LogP contribution is 2.40. The van der Waals surface area contributed by atoms with Crippen LogP contribution in [0.25, 0.3) is 0 Å². The molecule has 1 aliphatic rings. The van der Waals surface area contributed by atoms with E-state index in [0.717, 1.165) is 12.3 Å². The molecule has 0 aromatic heterocycles. The van der Waals surface area contributed by atoms with E-state index in [2.05, 4.69) is 55.1 Å². The summed E-state index contributed by atoms with van der Waals surface area (Å²) in [6.45, 7) is 7.23. The van der Waals surface area contributed by atoms with Gasteiger partial charge in [0.25, 0.3) is 0 Å². The quantitative estimate of drug-likeness (QED) is 0.365. The smallest absolute Gasteiger partial charge is 0.0721 e. The first-order valence-corrected chi connectivity index (χ1v) is 10.3. The fourth-order valence-electron chi connectivity index (χ4n) is 4.08. The molecule has 0 aliphatic heterocycles. The summed E-state index contributed by atoms with van der Waals surface area (Å²) >= 11 is 0. The Hall–Kier alpha value is -2.12. The second kappa shape index (κ2) is 10.3. The van der Waals surface area contributed by atoms with Crippen molar-refractivity contribution in [3.63, 3.8) is 0 Å². The third kappa shape index (κ3) is 5.68. The molecule has 1 saturated carbocycles. The van der Waals surface area contributed by atoms with Crippen molar-refractivity contribution >= 4 is 0 Å². The molecule has 1 aliphatic carbocycles. The molecule has 0 spiro atoms. The van der Waals surface area contributed by atoms with Crippen LogP contribution in [0.1, 0.15) is 66.7 Å². The van der Waals surface area contributed by atoms with Crippen molar-refractivity contribution in [1.29, 1.82) is 0 Å². The van der Waals surface area contributed by atoms with Crippen LogP contribution >= 0.6 is 0 Å². The lowest BCUT2D eigenvalue weighted by molar-refractivity contribution is 0.148. The summed E-state index contributed by atoms with van der Waals surface area (Å²) in [5.74, 6) is 1.43. The molecule has 0 heterocycles. The molecule has 0 atom stereocenters. The van der Waals surface area contributed by atoms with Crippen molar-refractivity contribution in [2.24, 2.45) is 0 Å². The van der Waals surface area contributed by atoms with Crippen molar-refractivity contribution in [2.45, 2.75) is 57.5 Å². The Kier molecular flexibility index (Phi) is 7.47. The summed E-state index contributed by atoms with van der Waals surface area (Å²) in [4.78, 5) is 0. The predicted molar refractivity (Wildman–Crippen MR) is 115 cm³/mol. The molecule has 1 nitrogen and oxygen atoms in total. The number of ether oxygens (including phenoxy) is 1. The van der Waals surface area contributed by atoms with Gasteiger partial charge >= 0.3 is 0 Å². The zero-order valence-corrected chi connectivity index (χ0v) is 16.6. The van der Waals surface area contributed by atoms with E-state index in [-0.39, 0.29) is 0 Å². The van der Waals surface area contributed by atoms with E-state index in [4.69, 9.17) is 4.74 Å². The fraction of sp³-hybridized carbons (Fsp3) is 0.385. The van der Waals surface area contributed by atoms with Gasteiger partial charge in [0.1, 0.15) is 0 Å². The van der Waals surface area contributed by atoms with Crippen LogP contribution in [0.3, 0.4) is 0 Å². The van der Waals surface area contributed by atoms with Crippen LogP contribution in [0, 0.1) is 0 Å². The first-order chi connectivity index (χ1) is 13.3. The molecule has 0 N–H and O–H groups in total. The molecule has 2 aromatic rings. The van der Waals surface area contributed by atoms with Crippen molar-refractivity contribution in [1.82, 2.24) is 0 Å². The SMILES string of the molecule is C=CCc1ccc([C@H]2CC[C@H](c3ccc(COCC=CC)cc3)CC2)cc1. The topological polar surface area (TPSA) is 9.23 Å². The van der Waals surface area contributed by atoms with Gasteiger partial charge in [-0.05, 0) is 73.1 Å².